The second-order valence-electron chi connectivity index (χ2n) is 4.36. The van der Waals surface area contributed by atoms with Gasteiger partial charge in [-0.1, -0.05) is 13.8 Å². The summed E-state index contributed by atoms with van der Waals surface area (Å²) in [6.07, 6.45) is 2.07. The Balaban J connectivity index is 2.34. The van der Waals surface area contributed by atoms with Gasteiger partial charge in [0.25, 0.3) is 5.91 Å². The number of aromatic nitrogens is 1. The summed E-state index contributed by atoms with van der Waals surface area (Å²) in [5.41, 5.74) is 0.638. The summed E-state index contributed by atoms with van der Waals surface area (Å²) in [5.74, 6) is 0.135. The highest BCUT2D eigenvalue weighted by Gasteiger charge is 2.11. The fourth-order valence-corrected chi connectivity index (χ4v) is 1.45. The number of rotatable bonds is 5. The Kier molecular flexibility index (Phi) is 4.55. The van der Waals surface area contributed by atoms with E-state index in [1.807, 2.05) is 33.2 Å². The number of hydrogen-bond donors (Lipinski definition) is 2. The highest BCUT2D eigenvalue weighted by atomic mass is 16.3. The normalized spacial score (nSPS) is 12.8. The van der Waals surface area contributed by atoms with Crippen LogP contribution in [0.1, 0.15) is 30.8 Å². The lowest BCUT2D eigenvalue weighted by atomic mass is 10.0. The molecule has 16 heavy (non-hydrogen) atoms. The number of amides is 1. The van der Waals surface area contributed by atoms with Crippen LogP contribution in [0.25, 0.3) is 0 Å². The van der Waals surface area contributed by atoms with Crippen molar-refractivity contribution in [2.24, 2.45) is 13.0 Å². The number of aliphatic hydroxyl groups excluding tert-OH is 1. The minimum absolute atomic E-state index is 0.0940. The highest BCUT2D eigenvalue weighted by Crippen LogP contribution is 2.04. The maximum absolute atomic E-state index is 11.7. The van der Waals surface area contributed by atoms with E-state index >= 15 is 0 Å². The molecule has 1 atom stereocenters. The van der Waals surface area contributed by atoms with Gasteiger partial charge < -0.3 is 15.0 Å². The topological polar surface area (TPSA) is 54.3 Å². The van der Waals surface area contributed by atoms with Gasteiger partial charge in [-0.3, -0.25) is 4.79 Å². The van der Waals surface area contributed by atoms with Gasteiger partial charge >= 0.3 is 0 Å². The van der Waals surface area contributed by atoms with E-state index in [4.69, 9.17) is 0 Å². The largest absolute Gasteiger partial charge is 0.393 e. The smallest absolute Gasteiger partial charge is 0.267 e. The molecule has 1 unspecified atom stereocenters. The van der Waals surface area contributed by atoms with E-state index in [-0.39, 0.29) is 17.9 Å². The summed E-state index contributed by atoms with van der Waals surface area (Å²) >= 11 is 0. The zero-order chi connectivity index (χ0) is 12.1. The molecule has 0 saturated carbocycles. The number of nitrogens with one attached hydrogen (secondary N) is 1. The van der Waals surface area contributed by atoms with Crippen molar-refractivity contribution in [3.63, 3.8) is 0 Å². The van der Waals surface area contributed by atoms with Crippen molar-refractivity contribution in [1.29, 1.82) is 0 Å². The molecule has 90 valence electrons. The first kappa shape index (κ1) is 12.8. The zero-order valence-corrected chi connectivity index (χ0v) is 10.1. The number of hydrogen-bond acceptors (Lipinski definition) is 2. The SMILES string of the molecule is CC(C)C(O)CCNC(=O)c1cccn1C. The molecule has 2 N–H and O–H groups in total. The zero-order valence-electron chi connectivity index (χ0n) is 10.1. The van der Waals surface area contributed by atoms with Crippen molar-refractivity contribution >= 4 is 5.91 Å². The highest BCUT2D eigenvalue weighted by molar-refractivity contribution is 5.92. The molecule has 0 saturated heterocycles. The van der Waals surface area contributed by atoms with E-state index in [0.29, 0.717) is 18.7 Å². The van der Waals surface area contributed by atoms with E-state index in [2.05, 4.69) is 5.32 Å². The molecule has 1 amide bonds. The third-order valence-electron chi connectivity index (χ3n) is 2.67. The fraction of sp³-hybridized carbons (Fsp3) is 0.583. The molecule has 4 heteroatoms. The lowest BCUT2D eigenvalue weighted by molar-refractivity contribution is 0.0913. The average molecular weight is 224 g/mol. The summed E-state index contributed by atoms with van der Waals surface area (Å²) in [5, 5.41) is 12.4. The molecule has 0 spiro atoms. The van der Waals surface area contributed by atoms with Gasteiger partial charge in [-0.05, 0) is 24.5 Å². The number of aliphatic hydroxyl groups is 1. The summed E-state index contributed by atoms with van der Waals surface area (Å²) in [6, 6.07) is 3.60. The molecule has 0 fully saturated rings. The van der Waals surface area contributed by atoms with Gasteiger partial charge in [0.2, 0.25) is 0 Å². The molecule has 4 nitrogen and oxygen atoms in total. The molecule has 0 radical (unpaired) electrons. The predicted octanol–water partition coefficient (Wildman–Crippen LogP) is 1.16. The van der Waals surface area contributed by atoms with Gasteiger partial charge in [-0.2, -0.15) is 0 Å². The molecule has 0 aliphatic heterocycles. The maximum atomic E-state index is 11.7. The number of carbonyl (C=O) groups is 1. The first-order chi connectivity index (χ1) is 7.52. The van der Waals surface area contributed by atoms with Crippen molar-refractivity contribution in [1.82, 2.24) is 9.88 Å². The molecule has 0 bridgehead atoms. The monoisotopic (exact) mass is 224 g/mol. The lowest BCUT2D eigenvalue weighted by Crippen LogP contribution is -2.29. The van der Waals surface area contributed by atoms with E-state index < -0.39 is 0 Å². The van der Waals surface area contributed by atoms with Gasteiger partial charge in [0, 0.05) is 19.8 Å². The van der Waals surface area contributed by atoms with Crippen molar-refractivity contribution in [2.45, 2.75) is 26.4 Å². The molecular weight excluding hydrogens is 204 g/mol. The van der Waals surface area contributed by atoms with Crippen LogP contribution in [0.5, 0.6) is 0 Å². The van der Waals surface area contributed by atoms with Crippen molar-refractivity contribution < 1.29 is 9.90 Å². The Morgan fingerprint density at radius 2 is 2.25 bits per heavy atom. The summed E-state index contributed by atoms with van der Waals surface area (Å²) in [4.78, 5) is 11.7. The van der Waals surface area contributed by atoms with E-state index in [9.17, 15) is 9.90 Å². The van der Waals surface area contributed by atoms with Crippen LogP contribution >= 0.6 is 0 Å². The van der Waals surface area contributed by atoms with Gasteiger partial charge in [0.05, 0.1) is 6.10 Å². The Morgan fingerprint density at radius 3 is 2.75 bits per heavy atom. The second kappa shape index (κ2) is 5.70. The van der Waals surface area contributed by atoms with Crippen LogP contribution in [-0.4, -0.2) is 28.2 Å². The first-order valence-corrected chi connectivity index (χ1v) is 5.60. The fourth-order valence-electron chi connectivity index (χ4n) is 1.45. The summed E-state index contributed by atoms with van der Waals surface area (Å²) < 4.78 is 1.77. The predicted molar refractivity (Wildman–Crippen MR) is 63.2 cm³/mol. The van der Waals surface area contributed by atoms with Crippen LogP contribution < -0.4 is 5.32 Å². The Labute approximate surface area is 96.3 Å². The second-order valence-corrected chi connectivity index (χ2v) is 4.36. The molecular formula is C12H20N2O2. The molecule has 1 heterocycles. The van der Waals surface area contributed by atoms with E-state index in [1.165, 1.54) is 0 Å². The van der Waals surface area contributed by atoms with Gasteiger partial charge in [0.1, 0.15) is 5.69 Å². The van der Waals surface area contributed by atoms with Gasteiger partial charge in [-0.25, -0.2) is 0 Å². The third-order valence-corrected chi connectivity index (χ3v) is 2.67. The quantitative estimate of drug-likeness (QED) is 0.788. The van der Waals surface area contributed by atoms with Crippen molar-refractivity contribution in [3.05, 3.63) is 24.0 Å². The Hall–Kier alpha value is -1.29. The van der Waals surface area contributed by atoms with Crippen LogP contribution in [0.15, 0.2) is 18.3 Å². The molecule has 0 aromatic carbocycles. The maximum Gasteiger partial charge on any atom is 0.267 e. The third kappa shape index (κ3) is 3.38. The van der Waals surface area contributed by atoms with Gasteiger partial charge in [0.15, 0.2) is 0 Å². The number of aryl methyl sites for hydroxylation is 1. The molecule has 1 rings (SSSR count). The van der Waals surface area contributed by atoms with Crippen LogP contribution in [0.4, 0.5) is 0 Å². The minimum atomic E-state index is -0.353. The molecule has 1 aromatic rings. The standard InChI is InChI=1S/C12H20N2O2/c1-9(2)11(15)6-7-13-12(16)10-5-4-8-14(10)3/h4-5,8-9,11,15H,6-7H2,1-3H3,(H,13,16). The van der Waals surface area contributed by atoms with Crippen molar-refractivity contribution in [3.8, 4) is 0 Å². The van der Waals surface area contributed by atoms with Crippen LogP contribution in [0.3, 0.4) is 0 Å². The van der Waals surface area contributed by atoms with E-state index in [0.717, 1.165) is 0 Å². The number of carbonyl (C=O) groups excluding carboxylic acids is 1. The summed E-state index contributed by atoms with van der Waals surface area (Å²) in [6.45, 7) is 4.43. The van der Waals surface area contributed by atoms with Crippen LogP contribution in [-0.2, 0) is 7.05 Å². The van der Waals surface area contributed by atoms with Crippen molar-refractivity contribution in [2.75, 3.05) is 6.54 Å². The minimum Gasteiger partial charge on any atom is -0.393 e. The van der Waals surface area contributed by atoms with Crippen LogP contribution in [0.2, 0.25) is 0 Å². The van der Waals surface area contributed by atoms with Crippen LogP contribution in [0, 0.1) is 5.92 Å². The van der Waals surface area contributed by atoms with E-state index in [1.54, 1.807) is 10.6 Å². The Morgan fingerprint density at radius 1 is 1.56 bits per heavy atom. The molecule has 0 aliphatic carbocycles. The Bertz CT molecular complexity index is 345. The van der Waals surface area contributed by atoms with Gasteiger partial charge in [-0.15, -0.1) is 0 Å². The number of nitrogens with zero attached hydrogens (tertiary/aromatic N) is 1. The molecule has 1 aromatic heterocycles. The average Bonchev–Trinajstić information content (AvgIpc) is 2.64. The summed E-state index contributed by atoms with van der Waals surface area (Å²) in [7, 11) is 1.83. The molecule has 0 aliphatic rings. The first-order valence-electron chi connectivity index (χ1n) is 5.60. The lowest BCUT2D eigenvalue weighted by Gasteiger charge is -2.14.